The van der Waals surface area contributed by atoms with E-state index in [1.807, 2.05) is 6.92 Å². The lowest BCUT2D eigenvalue weighted by molar-refractivity contribution is -0.0817. The summed E-state index contributed by atoms with van der Waals surface area (Å²) in [4.78, 5) is 7.22. The van der Waals surface area contributed by atoms with Gasteiger partial charge >= 0.3 is 0 Å². The van der Waals surface area contributed by atoms with Crippen LogP contribution in [0.25, 0.3) is 0 Å². The minimum Gasteiger partial charge on any atom is -0.375 e. The summed E-state index contributed by atoms with van der Waals surface area (Å²) in [5.41, 5.74) is 0.953. The summed E-state index contributed by atoms with van der Waals surface area (Å²) in [7, 11) is -2.01. The van der Waals surface area contributed by atoms with Crippen LogP contribution in [0.1, 0.15) is 25.3 Å². The molecule has 2 heterocycles. The molecular formula is C19H31IN4O4S. The van der Waals surface area contributed by atoms with Crippen LogP contribution in [-0.2, 0) is 26.0 Å². The van der Waals surface area contributed by atoms with Gasteiger partial charge in [0.2, 0.25) is 10.0 Å². The fourth-order valence-electron chi connectivity index (χ4n) is 3.47. The summed E-state index contributed by atoms with van der Waals surface area (Å²) in [6.45, 7) is 6.32. The number of morpholine rings is 1. The number of rotatable bonds is 6. The number of benzene rings is 1. The van der Waals surface area contributed by atoms with E-state index in [0.717, 1.165) is 50.6 Å². The number of guanidine groups is 1. The van der Waals surface area contributed by atoms with Crippen LogP contribution in [0.2, 0.25) is 0 Å². The molecule has 2 fully saturated rings. The number of nitrogens with one attached hydrogen (secondary N) is 2. The fraction of sp³-hybridized carbons (Fsp3) is 0.632. The molecule has 0 aromatic heterocycles. The van der Waals surface area contributed by atoms with E-state index in [0.29, 0.717) is 13.2 Å². The van der Waals surface area contributed by atoms with Crippen molar-refractivity contribution in [1.29, 1.82) is 0 Å². The highest BCUT2D eigenvalue weighted by molar-refractivity contribution is 14.0. The van der Waals surface area contributed by atoms with Gasteiger partial charge in [-0.15, -0.1) is 24.0 Å². The van der Waals surface area contributed by atoms with Crippen molar-refractivity contribution in [3.63, 3.8) is 0 Å². The maximum atomic E-state index is 11.8. The topological polar surface area (TPSA) is 92.3 Å². The van der Waals surface area contributed by atoms with Crippen molar-refractivity contribution in [2.75, 3.05) is 39.9 Å². The zero-order valence-corrected chi connectivity index (χ0v) is 20.1. The highest BCUT2D eigenvalue weighted by Crippen LogP contribution is 2.21. The molecule has 0 saturated carbocycles. The van der Waals surface area contributed by atoms with E-state index >= 15 is 0 Å². The molecule has 0 bridgehead atoms. The van der Waals surface area contributed by atoms with Crippen LogP contribution in [-0.4, -0.2) is 71.4 Å². The Morgan fingerprint density at radius 3 is 2.55 bits per heavy atom. The average molecular weight is 538 g/mol. The normalized spacial score (nSPS) is 23.0. The monoisotopic (exact) mass is 538 g/mol. The second-order valence-corrected chi connectivity index (χ2v) is 8.81. The minimum atomic E-state index is -3.42. The lowest BCUT2D eigenvalue weighted by Crippen LogP contribution is -2.53. The molecule has 10 heteroatoms. The van der Waals surface area contributed by atoms with Crippen molar-refractivity contribution in [2.24, 2.45) is 4.99 Å². The molecule has 0 spiro atoms. The van der Waals surface area contributed by atoms with Crippen molar-refractivity contribution < 1.29 is 17.9 Å². The summed E-state index contributed by atoms with van der Waals surface area (Å²) in [5.74, 6) is 0.848. The Balaban J connectivity index is 0.00000300. The summed E-state index contributed by atoms with van der Waals surface area (Å²) >= 11 is 0. The van der Waals surface area contributed by atoms with Gasteiger partial charge in [0.25, 0.3) is 0 Å². The molecule has 164 valence electrons. The number of sulfonamides is 1. The van der Waals surface area contributed by atoms with Gasteiger partial charge in [0.05, 0.1) is 24.2 Å². The molecule has 0 amide bonds. The lowest BCUT2D eigenvalue weighted by Gasteiger charge is -2.37. The first-order chi connectivity index (χ1) is 13.5. The Hall–Kier alpha value is -0.950. The van der Waals surface area contributed by atoms with Crippen LogP contribution in [0.5, 0.6) is 0 Å². The second kappa shape index (κ2) is 11.4. The first kappa shape index (κ1) is 24.3. The van der Waals surface area contributed by atoms with Gasteiger partial charge in [-0.2, -0.15) is 0 Å². The first-order valence-electron chi connectivity index (χ1n) is 9.82. The molecule has 29 heavy (non-hydrogen) atoms. The summed E-state index contributed by atoms with van der Waals surface area (Å²) in [5, 5.41) is 3.35. The minimum absolute atomic E-state index is 0. The smallest absolute Gasteiger partial charge is 0.240 e. The van der Waals surface area contributed by atoms with Crippen LogP contribution in [0.3, 0.4) is 0 Å². The maximum absolute atomic E-state index is 11.8. The molecule has 2 saturated heterocycles. The second-order valence-electron chi connectivity index (χ2n) is 6.93. The number of ether oxygens (including phenoxy) is 2. The van der Waals surface area contributed by atoms with E-state index in [4.69, 9.17) is 14.5 Å². The van der Waals surface area contributed by atoms with Crippen molar-refractivity contribution in [1.82, 2.24) is 14.9 Å². The molecule has 3 rings (SSSR count). The first-order valence-corrected chi connectivity index (χ1v) is 11.3. The van der Waals surface area contributed by atoms with Crippen molar-refractivity contribution >= 4 is 40.0 Å². The van der Waals surface area contributed by atoms with E-state index in [9.17, 15) is 8.42 Å². The van der Waals surface area contributed by atoms with Gasteiger partial charge in [0, 0.05) is 26.2 Å². The third-order valence-electron chi connectivity index (χ3n) is 5.02. The standard InChI is InChI=1S/C19H30N4O4S.HI/c1-3-21-19(23-10-12-27-18(14-23)17-5-4-11-26-17)22-13-15-6-8-16(9-7-15)28(24,25)20-2;/h6-9,17-18,20H,3-5,10-14H2,1-2H3,(H,21,22);1H. The van der Waals surface area contributed by atoms with Gasteiger partial charge in [-0.1, -0.05) is 12.1 Å². The molecule has 0 aliphatic carbocycles. The quantitative estimate of drug-likeness (QED) is 0.325. The highest BCUT2D eigenvalue weighted by Gasteiger charge is 2.32. The Morgan fingerprint density at radius 2 is 1.93 bits per heavy atom. The Bertz CT molecular complexity index is 767. The van der Waals surface area contributed by atoms with Crippen LogP contribution in [0.15, 0.2) is 34.2 Å². The summed E-state index contributed by atoms with van der Waals surface area (Å²) in [6.07, 6.45) is 2.39. The Kier molecular flexibility index (Phi) is 9.60. The third-order valence-corrected chi connectivity index (χ3v) is 6.45. The van der Waals surface area contributed by atoms with Crippen LogP contribution >= 0.6 is 24.0 Å². The highest BCUT2D eigenvalue weighted by atomic mass is 127. The Labute approximate surface area is 190 Å². The molecule has 2 aliphatic rings. The molecule has 1 aromatic carbocycles. The largest absolute Gasteiger partial charge is 0.375 e. The average Bonchev–Trinajstić information content (AvgIpc) is 3.26. The van der Waals surface area contributed by atoms with Gasteiger partial charge in [-0.25, -0.2) is 18.1 Å². The number of aliphatic imine (C=N–C) groups is 1. The molecule has 2 atom stereocenters. The van der Waals surface area contributed by atoms with Crippen molar-refractivity contribution in [3.05, 3.63) is 29.8 Å². The predicted octanol–water partition coefficient (Wildman–Crippen LogP) is 1.56. The molecule has 8 nitrogen and oxygen atoms in total. The van der Waals surface area contributed by atoms with E-state index in [2.05, 4.69) is 14.9 Å². The van der Waals surface area contributed by atoms with Gasteiger partial charge in [0.1, 0.15) is 6.10 Å². The zero-order chi connectivity index (χ0) is 20.0. The maximum Gasteiger partial charge on any atom is 0.240 e. The van der Waals surface area contributed by atoms with Crippen molar-refractivity contribution in [3.8, 4) is 0 Å². The Morgan fingerprint density at radius 1 is 1.21 bits per heavy atom. The molecular weight excluding hydrogens is 507 g/mol. The summed E-state index contributed by atoms with van der Waals surface area (Å²) < 4.78 is 37.7. The summed E-state index contributed by atoms with van der Waals surface area (Å²) in [6, 6.07) is 6.80. The van der Waals surface area contributed by atoms with Crippen LogP contribution < -0.4 is 10.0 Å². The van der Waals surface area contributed by atoms with Crippen LogP contribution in [0, 0.1) is 0 Å². The molecule has 2 unspecified atom stereocenters. The van der Waals surface area contributed by atoms with E-state index in [1.54, 1.807) is 24.3 Å². The number of hydrogen-bond donors (Lipinski definition) is 2. The lowest BCUT2D eigenvalue weighted by atomic mass is 10.1. The molecule has 0 radical (unpaired) electrons. The molecule has 1 aromatic rings. The third kappa shape index (κ3) is 6.51. The number of hydrogen-bond acceptors (Lipinski definition) is 5. The molecule has 2 aliphatic heterocycles. The van der Waals surface area contributed by atoms with Gasteiger partial charge < -0.3 is 19.7 Å². The van der Waals surface area contributed by atoms with Gasteiger partial charge in [0.15, 0.2) is 5.96 Å². The van der Waals surface area contributed by atoms with E-state index < -0.39 is 10.0 Å². The SMILES string of the molecule is CCNC(=NCc1ccc(S(=O)(=O)NC)cc1)N1CCOC(C2CCCO2)C1.I. The van der Waals surface area contributed by atoms with Gasteiger partial charge in [-0.3, -0.25) is 0 Å². The van der Waals surface area contributed by atoms with Crippen LogP contribution in [0.4, 0.5) is 0 Å². The molecule has 2 N–H and O–H groups in total. The number of halogens is 1. The fourth-order valence-corrected chi connectivity index (χ4v) is 4.20. The van der Waals surface area contributed by atoms with Gasteiger partial charge in [-0.05, 0) is 44.5 Å². The predicted molar refractivity (Wildman–Crippen MR) is 123 cm³/mol. The zero-order valence-electron chi connectivity index (χ0n) is 17.0. The van der Waals surface area contributed by atoms with E-state index in [-0.39, 0.29) is 41.1 Å². The van der Waals surface area contributed by atoms with Crippen molar-refractivity contribution in [2.45, 2.75) is 43.4 Å². The number of nitrogens with zero attached hydrogens (tertiary/aromatic N) is 2. The van der Waals surface area contributed by atoms with E-state index in [1.165, 1.54) is 7.05 Å².